The molecule has 1 heterocycles. The van der Waals surface area contributed by atoms with Gasteiger partial charge in [-0.2, -0.15) is 0 Å². The molecule has 0 fully saturated rings. The summed E-state index contributed by atoms with van der Waals surface area (Å²) < 4.78 is 1.13. The summed E-state index contributed by atoms with van der Waals surface area (Å²) in [6, 6.07) is 0. The third-order valence-electron chi connectivity index (χ3n) is 3.74. The molecule has 1 aromatic heterocycles. The Morgan fingerprint density at radius 2 is 2.06 bits per heavy atom. The van der Waals surface area contributed by atoms with Crippen molar-refractivity contribution in [1.82, 2.24) is 4.98 Å². The summed E-state index contributed by atoms with van der Waals surface area (Å²) in [6.45, 7) is 8.80. The van der Waals surface area contributed by atoms with Crippen LogP contribution in [0.1, 0.15) is 67.3 Å². The molecule has 0 unspecified atom stereocenters. The second-order valence-electron chi connectivity index (χ2n) is 6.26. The van der Waals surface area contributed by atoms with E-state index in [-0.39, 0.29) is 0 Å². The number of pyridine rings is 1. The van der Waals surface area contributed by atoms with E-state index in [1.54, 1.807) is 0 Å². The van der Waals surface area contributed by atoms with Crippen LogP contribution in [0.5, 0.6) is 0 Å². The molecule has 1 aromatic rings. The minimum Gasteiger partial charge on any atom is -0.298 e. The lowest BCUT2D eigenvalue weighted by Gasteiger charge is -2.32. The molecule has 0 saturated carbocycles. The molecule has 98 valence electrons. The second-order valence-corrected chi connectivity index (χ2v) is 7.34. The summed E-state index contributed by atoms with van der Waals surface area (Å²) in [5.74, 6) is 0.300. The first kappa shape index (κ1) is 14.0. The molecule has 0 N–H and O–H groups in total. The van der Waals surface area contributed by atoms with Crippen LogP contribution in [-0.4, -0.2) is 11.3 Å². The van der Waals surface area contributed by atoms with Crippen molar-refractivity contribution < 1.29 is 4.79 Å². The maximum absolute atomic E-state index is 11.3. The van der Waals surface area contributed by atoms with E-state index in [9.17, 15) is 4.79 Å². The smallest absolute Gasteiger partial charge is 0.152 e. The van der Waals surface area contributed by atoms with Crippen LogP contribution in [-0.2, 0) is 12.8 Å². The average molecular weight is 357 g/mol. The van der Waals surface area contributed by atoms with Crippen molar-refractivity contribution in [3.63, 3.8) is 0 Å². The van der Waals surface area contributed by atoms with Gasteiger partial charge in [-0.15, -0.1) is 0 Å². The third-order valence-corrected chi connectivity index (χ3v) is 4.98. The maximum atomic E-state index is 11.3. The van der Waals surface area contributed by atoms with Gasteiger partial charge < -0.3 is 0 Å². The van der Waals surface area contributed by atoms with Gasteiger partial charge in [0.25, 0.3) is 0 Å². The first-order valence-corrected chi connectivity index (χ1v) is 7.60. The van der Waals surface area contributed by atoms with E-state index in [2.05, 4.69) is 50.3 Å². The Hall–Kier alpha value is -0.450. The van der Waals surface area contributed by atoms with E-state index in [0.29, 0.717) is 11.3 Å². The summed E-state index contributed by atoms with van der Waals surface area (Å²) in [5, 5.41) is 0. The van der Waals surface area contributed by atoms with Gasteiger partial charge in [-0.25, -0.2) is 0 Å². The predicted molar refractivity (Wildman–Crippen MR) is 82.2 cm³/mol. The van der Waals surface area contributed by atoms with Gasteiger partial charge in [-0.05, 0) is 58.7 Å². The Balaban J connectivity index is 2.61. The molecule has 18 heavy (non-hydrogen) atoms. The van der Waals surface area contributed by atoms with Crippen LogP contribution in [0.2, 0.25) is 0 Å². The number of fused-ring (bicyclic) bond motifs is 1. The zero-order chi connectivity index (χ0) is 13.5. The summed E-state index contributed by atoms with van der Waals surface area (Å²) >= 11 is 2.32. The number of hydrogen-bond acceptors (Lipinski definition) is 2. The molecule has 0 bridgehead atoms. The molecule has 0 aromatic carbocycles. The first-order valence-electron chi connectivity index (χ1n) is 6.52. The third kappa shape index (κ3) is 2.46. The molecule has 0 saturated heterocycles. The van der Waals surface area contributed by atoms with Gasteiger partial charge in [0, 0.05) is 14.8 Å². The predicted octanol–water partition coefficient (Wildman–Crippen LogP) is 4.14. The summed E-state index contributed by atoms with van der Waals surface area (Å²) in [6.07, 6.45) is 4.23. The maximum Gasteiger partial charge on any atom is 0.152 e. The van der Waals surface area contributed by atoms with Gasteiger partial charge in [0.15, 0.2) is 6.29 Å². The standard InChI is InChI=1S/C15H20INO/c1-9(2)14-11(8-18)13(16)10-5-6-15(3,4)7-12(10)17-14/h8-9H,5-7H2,1-4H3. The molecular formula is C15H20INO. The van der Waals surface area contributed by atoms with E-state index in [4.69, 9.17) is 4.98 Å². The SMILES string of the molecule is CC(C)c1nc2c(c(I)c1C=O)CCC(C)(C)C2. The van der Waals surface area contributed by atoms with Crippen LogP contribution < -0.4 is 0 Å². The normalized spacial score (nSPS) is 17.7. The summed E-state index contributed by atoms with van der Waals surface area (Å²) in [7, 11) is 0. The molecule has 2 nitrogen and oxygen atoms in total. The number of nitrogens with zero attached hydrogens (tertiary/aromatic N) is 1. The van der Waals surface area contributed by atoms with Crippen molar-refractivity contribution in [1.29, 1.82) is 0 Å². The number of rotatable bonds is 2. The van der Waals surface area contributed by atoms with Gasteiger partial charge in [0.05, 0.1) is 5.69 Å². The molecule has 0 amide bonds. The largest absolute Gasteiger partial charge is 0.298 e. The summed E-state index contributed by atoms with van der Waals surface area (Å²) in [4.78, 5) is 16.1. The molecular weight excluding hydrogens is 337 g/mol. The number of halogens is 1. The van der Waals surface area contributed by atoms with Crippen LogP contribution in [0.25, 0.3) is 0 Å². The van der Waals surface area contributed by atoms with Crippen LogP contribution in [0.4, 0.5) is 0 Å². The highest BCUT2D eigenvalue weighted by Gasteiger charge is 2.29. The van der Waals surface area contributed by atoms with Gasteiger partial charge in [0.2, 0.25) is 0 Å². The first-order chi connectivity index (χ1) is 8.35. The Kier molecular flexibility index (Phi) is 3.81. The number of aldehydes is 1. The molecule has 1 aliphatic carbocycles. The number of hydrogen-bond donors (Lipinski definition) is 0. The van der Waals surface area contributed by atoms with Gasteiger partial charge in [-0.3, -0.25) is 9.78 Å². The monoisotopic (exact) mass is 357 g/mol. The molecule has 3 heteroatoms. The van der Waals surface area contributed by atoms with E-state index < -0.39 is 0 Å². The zero-order valence-electron chi connectivity index (χ0n) is 11.5. The van der Waals surface area contributed by atoms with E-state index >= 15 is 0 Å². The molecule has 1 aliphatic rings. The average Bonchev–Trinajstić information content (AvgIpc) is 2.26. The van der Waals surface area contributed by atoms with Gasteiger partial charge in [-0.1, -0.05) is 27.7 Å². The van der Waals surface area contributed by atoms with Crippen LogP contribution >= 0.6 is 22.6 Å². The molecule has 0 atom stereocenters. The minimum absolute atomic E-state index is 0.300. The van der Waals surface area contributed by atoms with E-state index in [1.807, 2.05) is 0 Å². The van der Waals surface area contributed by atoms with Crippen molar-refractivity contribution in [2.45, 2.75) is 52.9 Å². The van der Waals surface area contributed by atoms with Crippen molar-refractivity contribution in [2.24, 2.45) is 5.41 Å². The lowest BCUT2D eigenvalue weighted by atomic mass is 9.76. The summed E-state index contributed by atoms with van der Waals surface area (Å²) in [5.41, 5.74) is 4.63. The Morgan fingerprint density at radius 1 is 1.39 bits per heavy atom. The van der Waals surface area contributed by atoms with Crippen molar-refractivity contribution in [3.8, 4) is 0 Å². The minimum atomic E-state index is 0.300. The number of carbonyl (C=O) groups is 1. The molecule has 0 spiro atoms. The Bertz CT molecular complexity index is 492. The van der Waals surface area contributed by atoms with Crippen LogP contribution in [0, 0.1) is 8.99 Å². The zero-order valence-corrected chi connectivity index (χ0v) is 13.7. The molecule has 0 radical (unpaired) electrons. The number of aromatic nitrogens is 1. The highest BCUT2D eigenvalue weighted by atomic mass is 127. The topological polar surface area (TPSA) is 30.0 Å². The second kappa shape index (κ2) is 4.91. The van der Waals surface area contributed by atoms with Crippen LogP contribution in [0.15, 0.2) is 0 Å². The van der Waals surface area contributed by atoms with Gasteiger partial charge in [0.1, 0.15) is 0 Å². The van der Waals surface area contributed by atoms with E-state index in [1.165, 1.54) is 17.7 Å². The van der Waals surface area contributed by atoms with Crippen LogP contribution in [0.3, 0.4) is 0 Å². The van der Waals surface area contributed by atoms with Crippen molar-refractivity contribution in [3.05, 3.63) is 26.1 Å². The quantitative estimate of drug-likeness (QED) is 0.588. The lowest BCUT2D eigenvalue weighted by Crippen LogP contribution is -2.25. The Morgan fingerprint density at radius 3 is 2.61 bits per heavy atom. The van der Waals surface area contributed by atoms with Gasteiger partial charge >= 0.3 is 0 Å². The van der Waals surface area contributed by atoms with Crippen molar-refractivity contribution in [2.75, 3.05) is 0 Å². The fourth-order valence-electron chi connectivity index (χ4n) is 2.63. The van der Waals surface area contributed by atoms with Crippen molar-refractivity contribution >= 4 is 28.9 Å². The fourth-order valence-corrected chi connectivity index (χ4v) is 3.62. The molecule has 2 rings (SSSR count). The highest BCUT2D eigenvalue weighted by Crippen LogP contribution is 2.37. The van der Waals surface area contributed by atoms with E-state index in [0.717, 1.165) is 34.0 Å². The number of carbonyl (C=O) groups excluding carboxylic acids is 1. The highest BCUT2D eigenvalue weighted by molar-refractivity contribution is 14.1. The lowest BCUT2D eigenvalue weighted by molar-refractivity contribution is 0.112. The fraction of sp³-hybridized carbons (Fsp3) is 0.600. The Labute approximate surface area is 123 Å². The molecule has 0 aliphatic heterocycles.